The Kier molecular flexibility index (Phi) is 5.18. The van der Waals surface area contributed by atoms with E-state index >= 15 is 0 Å². The molecule has 2 aromatic heterocycles. The van der Waals surface area contributed by atoms with Crippen LogP contribution < -0.4 is 10.9 Å². The van der Waals surface area contributed by atoms with Crippen LogP contribution >= 0.6 is 11.8 Å². The van der Waals surface area contributed by atoms with Gasteiger partial charge in [0.05, 0.1) is 5.75 Å². The van der Waals surface area contributed by atoms with Crippen LogP contribution in [0, 0.1) is 13.8 Å². The molecule has 2 N–H and O–H groups in total. The molecule has 4 aromatic rings. The molecule has 0 bridgehead atoms. The monoisotopic (exact) mass is 405 g/mol. The molecule has 0 saturated carbocycles. The van der Waals surface area contributed by atoms with Crippen molar-refractivity contribution in [2.75, 3.05) is 11.1 Å². The second kappa shape index (κ2) is 7.92. The summed E-state index contributed by atoms with van der Waals surface area (Å²) in [6.45, 7) is 3.97. The summed E-state index contributed by atoms with van der Waals surface area (Å²) < 4.78 is 1.51. The van der Waals surface area contributed by atoms with Gasteiger partial charge in [-0.2, -0.15) is 0 Å². The Hall–Kier alpha value is -3.39. The third kappa shape index (κ3) is 4.22. The Bertz CT molecular complexity index is 1240. The number of benzene rings is 2. The molecule has 29 heavy (non-hydrogen) atoms. The first-order chi connectivity index (χ1) is 14.0. The van der Waals surface area contributed by atoms with Crippen LogP contribution in [-0.4, -0.2) is 31.2 Å². The highest BCUT2D eigenvalue weighted by molar-refractivity contribution is 7.99. The van der Waals surface area contributed by atoms with Gasteiger partial charge < -0.3 is 5.32 Å². The maximum absolute atomic E-state index is 12.4. The molecule has 0 spiro atoms. The van der Waals surface area contributed by atoms with Gasteiger partial charge in [-0.05, 0) is 31.5 Å². The highest BCUT2D eigenvalue weighted by atomic mass is 32.2. The van der Waals surface area contributed by atoms with Crippen molar-refractivity contribution >= 4 is 29.0 Å². The Morgan fingerprint density at radius 2 is 1.86 bits per heavy atom. The number of fused-ring (bicyclic) bond motifs is 1. The number of H-pyrrole nitrogens is 1. The number of aryl methyl sites for hydroxylation is 2. The Morgan fingerprint density at radius 3 is 2.62 bits per heavy atom. The van der Waals surface area contributed by atoms with Gasteiger partial charge in [0.25, 0.3) is 5.56 Å². The Morgan fingerprint density at radius 1 is 1.10 bits per heavy atom. The zero-order valence-corrected chi connectivity index (χ0v) is 16.8. The van der Waals surface area contributed by atoms with Crippen molar-refractivity contribution in [2.24, 2.45) is 0 Å². The Labute approximate surface area is 171 Å². The van der Waals surface area contributed by atoms with Crippen LogP contribution in [-0.2, 0) is 4.79 Å². The minimum absolute atomic E-state index is 0.146. The molecule has 0 fully saturated rings. The van der Waals surface area contributed by atoms with E-state index in [1.165, 1.54) is 22.3 Å². The summed E-state index contributed by atoms with van der Waals surface area (Å²) in [5.41, 5.74) is 3.97. The highest BCUT2D eigenvalue weighted by Gasteiger charge is 2.14. The average molecular weight is 405 g/mol. The van der Waals surface area contributed by atoms with Crippen LogP contribution in [0.4, 0.5) is 5.69 Å². The van der Waals surface area contributed by atoms with Gasteiger partial charge in [-0.15, -0.1) is 0 Å². The normalized spacial score (nSPS) is 11.0. The van der Waals surface area contributed by atoms with Crippen LogP contribution in [0.5, 0.6) is 0 Å². The van der Waals surface area contributed by atoms with Crippen LogP contribution in [0.3, 0.4) is 0 Å². The molecule has 0 unspecified atom stereocenters. The molecule has 0 saturated heterocycles. The second-order valence-electron chi connectivity index (χ2n) is 6.66. The van der Waals surface area contributed by atoms with Gasteiger partial charge in [0.1, 0.15) is 0 Å². The molecule has 2 heterocycles. The first kappa shape index (κ1) is 18.9. The molecule has 0 aliphatic carbocycles. The lowest BCUT2D eigenvalue weighted by Gasteiger charge is -2.09. The molecule has 0 aliphatic rings. The maximum Gasteiger partial charge on any atom is 0.266 e. The molecular weight excluding hydrogens is 386 g/mol. The van der Waals surface area contributed by atoms with Gasteiger partial charge in [-0.25, -0.2) is 14.5 Å². The zero-order valence-electron chi connectivity index (χ0n) is 16.0. The molecule has 1 amide bonds. The van der Waals surface area contributed by atoms with Crippen molar-refractivity contribution in [3.05, 3.63) is 76.1 Å². The number of aromatic amines is 1. The fourth-order valence-corrected chi connectivity index (χ4v) is 3.64. The number of hydrogen-bond donors (Lipinski definition) is 2. The van der Waals surface area contributed by atoms with E-state index in [0.29, 0.717) is 16.6 Å². The van der Waals surface area contributed by atoms with Gasteiger partial charge in [0.15, 0.2) is 16.6 Å². The van der Waals surface area contributed by atoms with E-state index < -0.39 is 0 Å². The SMILES string of the molecule is Cc1ccc(NC(=O)CSc2nc(-c3ccccc3C)nc3cc(=O)[nH]n23)cc1. The van der Waals surface area contributed by atoms with E-state index in [4.69, 9.17) is 0 Å². The van der Waals surface area contributed by atoms with Gasteiger partial charge in [-0.1, -0.05) is 53.7 Å². The summed E-state index contributed by atoms with van der Waals surface area (Å²) in [6.07, 6.45) is 0. The Balaban J connectivity index is 1.60. The first-order valence-electron chi connectivity index (χ1n) is 9.05. The van der Waals surface area contributed by atoms with Crippen LogP contribution in [0.1, 0.15) is 11.1 Å². The lowest BCUT2D eigenvalue weighted by molar-refractivity contribution is -0.113. The molecule has 0 aliphatic heterocycles. The van der Waals surface area contributed by atoms with Crippen molar-refractivity contribution in [1.29, 1.82) is 0 Å². The summed E-state index contributed by atoms with van der Waals surface area (Å²) in [5.74, 6) is 0.508. The lowest BCUT2D eigenvalue weighted by Crippen LogP contribution is -2.15. The standard InChI is InChI=1S/C21H19N5O2S/c1-13-7-9-15(10-8-13)22-19(28)12-29-21-24-20(16-6-4-3-5-14(16)2)23-17-11-18(27)25-26(17)21/h3-11H,12H2,1-2H3,(H,22,28)(H,25,27). The number of anilines is 1. The largest absolute Gasteiger partial charge is 0.325 e. The number of hydrogen-bond acceptors (Lipinski definition) is 5. The van der Waals surface area contributed by atoms with Gasteiger partial charge in [-0.3, -0.25) is 14.7 Å². The fraction of sp³-hybridized carbons (Fsp3) is 0.143. The van der Waals surface area contributed by atoms with Crippen LogP contribution in [0.15, 0.2) is 64.5 Å². The topological polar surface area (TPSA) is 92.2 Å². The number of nitrogens with one attached hydrogen (secondary N) is 2. The molecule has 0 atom stereocenters. The number of thioether (sulfide) groups is 1. The third-order valence-corrected chi connectivity index (χ3v) is 5.32. The summed E-state index contributed by atoms with van der Waals surface area (Å²) in [4.78, 5) is 33.3. The first-order valence-corrected chi connectivity index (χ1v) is 10.0. The van der Waals surface area contributed by atoms with Gasteiger partial charge in [0.2, 0.25) is 5.91 Å². The van der Waals surface area contributed by atoms with E-state index in [-0.39, 0.29) is 17.2 Å². The summed E-state index contributed by atoms with van der Waals surface area (Å²) in [7, 11) is 0. The fourth-order valence-electron chi connectivity index (χ4n) is 2.89. The van der Waals surface area contributed by atoms with Crippen molar-refractivity contribution < 1.29 is 4.79 Å². The van der Waals surface area contributed by atoms with Crippen molar-refractivity contribution in [2.45, 2.75) is 19.0 Å². The predicted octanol–water partition coefficient (Wildman–Crippen LogP) is 3.43. The lowest BCUT2D eigenvalue weighted by atomic mass is 10.1. The number of amides is 1. The van der Waals surface area contributed by atoms with Crippen LogP contribution in [0.2, 0.25) is 0 Å². The maximum atomic E-state index is 12.4. The number of carbonyl (C=O) groups excluding carboxylic acids is 1. The second-order valence-corrected chi connectivity index (χ2v) is 7.60. The minimum Gasteiger partial charge on any atom is -0.325 e. The minimum atomic E-state index is -0.271. The third-order valence-electron chi connectivity index (χ3n) is 4.38. The number of rotatable bonds is 5. The molecular formula is C21H19N5O2S. The van der Waals surface area contributed by atoms with E-state index in [9.17, 15) is 9.59 Å². The highest BCUT2D eigenvalue weighted by Crippen LogP contribution is 2.24. The number of nitrogens with zero attached hydrogens (tertiary/aromatic N) is 3. The predicted molar refractivity (Wildman–Crippen MR) is 114 cm³/mol. The van der Waals surface area contributed by atoms with E-state index in [1.807, 2.05) is 62.4 Å². The molecule has 0 radical (unpaired) electrons. The van der Waals surface area contributed by atoms with Gasteiger partial charge >= 0.3 is 0 Å². The van der Waals surface area contributed by atoms with Gasteiger partial charge in [0, 0.05) is 17.3 Å². The molecule has 146 valence electrons. The molecule has 2 aromatic carbocycles. The van der Waals surface area contributed by atoms with Crippen molar-refractivity contribution in [3.63, 3.8) is 0 Å². The summed E-state index contributed by atoms with van der Waals surface area (Å²) in [6, 6.07) is 16.8. The van der Waals surface area contributed by atoms with E-state index in [1.54, 1.807) is 0 Å². The zero-order chi connectivity index (χ0) is 20.4. The summed E-state index contributed by atoms with van der Waals surface area (Å²) >= 11 is 1.24. The van der Waals surface area contributed by atoms with E-state index in [2.05, 4.69) is 20.4 Å². The van der Waals surface area contributed by atoms with E-state index in [0.717, 1.165) is 22.4 Å². The smallest absolute Gasteiger partial charge is 0.266 e. The summed E-state index contributed by atoms with van der Waals surface area (Å²) in [5, 5.41) is 6.04. The van der Waals surface area contributed by atoms with Crippen molar-refractivity contribution in [3.8, 4) is 11.4 Å². The quantitative estimate of drug-likeness (QED) is 0.496. The average Bonchev–Trinajstić information content (AvgIpc) is 3.08. The molecule has 8 heteroatoms. The van der Waals surface area contributed by atoms with Crippen LogP contribution in [0.25, 0.3) is 17.0 Å². The molecule has 4 rings (SSSR count). The number of carbonyl (C=O) groups is 1. The van der Waals surface area contributed by atoms with Crippen molar-refractivity contribution in [1.82, 2.24) is 19.6 Å². The number of aromatic nitrogens is 4. The molecule has 7 nitrogen and oxygen atoms in total.